The van der Waals surface area contributed by atoms with Gasteiger partial charge >= 0.3 is 0 Å². The Balaban J connectivity index is 1.09. The van der Waals surface area contributed by atoms with Crippen LogP contribution in [0, 0.1) is 12.3 Å². The molecule has 0 aromatic carbocycles. The molecule has 21 N–H and O–H groups in total. The van der Waals surface area contributed by atoms with Crippen LogP contribution in [0.3, 0.4) is 0 Å². The van der Waals surface area contributed by atoms with Gasteiger partial charge in [0.05, 0.1) is 46.2 Å². The van der Waals surface area contributed by atoms with Crippen LogP contribution in [0.4, 0.5) is 0 Å². The molecule has 0 saturated carbocycles. The minimum atomic E-state index is -2.21. The fourth-order valence-electron chi connectivity index (χ4n) is 10.7. The predicted octanol–water partition coefficient (Wildman–Crippen LogP) is -15.0. The van der Waals surface area contributed by atoms with Crippen molar-refractivity contribution in [1.82, 2.24) is 5.32 Å². The van der Waals surface area contributed by atoms with Crippen molar-refractivity contribution in [3.8, 4) is 12.3 Å². The molecule has 35 nitrogen and oxygen atoms in total. The van der Waals surface area contributed by atoms with Gasteiger partial charge in [-0.1, -0.05) is 5.92 Å². The minimum Gasteiger partial charge on any atom is -0.394 e. The first-order chi connectivity index (χ1) is 38.2. The van der Waals surface area contributed by atoms with Crippen molar-refractivity contribution < 1.29 is 168 Å². The number of hydrogen-bond donors (Lipinski definition) is 21. The van der Waals surface area contributed by atoms with Gasteiger partial charge in [-0.2, -0.15) is 0 Å². The number of nitrogens with one attached hydrogen (secondary N) is 1. The number of rotatable bonds is 9. The molecular weight excluding hydrogens is 1100 g/mol. The van der Waals surface area contributed by atoms with Crippen molar-refractivity contribution >= 4 is 0 Å². The Morgan fingerprint density at radius 2 is 0.412 bits per heavy atom. The Morgan fingerprint density at radius 3 is 0.575 bits per heavy atom. The molecule has 14 bridgehead atoms. The highest BCUT2D eigenvalue weighted by Gasteiger charge is 2.59. The van der Waals surface area contributed by atoms with Gasteiger partial charge in [0, 0.05) is 6.54 Å². The van der Waals surface area contributed by atoms with E-state index < -0.39 is 255 Å². The second kappa shape index (κ2) is 27.7. The maximum atomic E-state index is 11.6. The van der Waals surface area contributed by atoms with E-state index in [2.05, 4.69) is 11.2 Å². The molecule has 35 heteroatoms. The zero-order chi connectivity index (χ0) is 58.2. The molecule has 21 fully saturated rings. The van der Waals surface area contributed by atoms with Crippen molar-refractivity contribution in [1.29, 1.82) is 0 Å². The lowest BCUT2D eigenvalue weighted by molar-refractivity contribution is -0.396. The topological polar surface area (TPSA) is 546 Å². The van der Waals surface area contributed by atoms with E-state index in [0.29, 0.717) is 0 Å². The lowest BCUT2D eigenvalue weighted by Crippen LogP contribution is -2.68. The Labute approximate surface area is 453 Å². The van der Waals surface area contributed by atoms with Crippen molar-refractivity contribution in [2.45, 2.75) is 215 Å². The maximum absolute atomic E-state index is 11.6. The molecule has 35 atom stereocenters. The molecule has 21 aliphatic heterocycles. The Hall–Kier alpha value is -1.84. The molecule has 0 aromatic heterocycles. The minimum absolute atomic E-state index is 0.123. The standard InChI is InChI=1S/C45H73NO34/c1-2-3-46-4-11-32-18(53)25(60)39(67-11)75-33-12(5-47)69-41(27(62)20(33)55)77-35-14(7-49)71-43(29(64)22(35)57)79-37-16(9-51)73-45(31(66)24(37)59)80-38-17(10-52)72-44(30(65)23(38)58)78-36-15(8-50)70-42(28(63)21(36)56)76-34-13(6-48)68-40(74-32)26(61)19(34)54/h1,11-66H,3-10H2/t11-,12-,13-,14-,15-,16-,17-,18-,19-,20-,21?,22-,23?,24-,25-,26-,27-,28-,29-,30-,31-,32-,33-,34-,35-,36-,37-,38-,39?,40-,41-,42-,43?,44-,45-/m1/s1. The van der Waals surface area contributed by atoms with Crippen LogP contribution >= 0.6 is 0 Å². The van der Waals surface area contributed by atoms with E-state index in [1.807, 2.05) is 0 Å². The normalized spacial score (nSPS) is 53.6. The number of ether oxygens (including phenoxy) is 14. The summed E-state index contributed by atoms with van der Waals surface area (Å²) in [5.41, 5.74) is 0. The summed E-state index contributed by atoms with van der Waals surface area (Å²) < 4.78 is 80.6. The maximum Gasteiger partial charge on any atom is 0.187 e. The van der Waals surface area contributed by atoms with Crippen LogP contribution in [-0.4, -0.2) is 370 Å². The molecule has 462 valence electrons. The molecule has 0 amide bonds. The van der Waals surface area contributed by atoms with E-state index in [9.17, 15) is 102 Å². The first kappa shape index (κ1) is 64.2. The molecule has 4 unspecified atom stereocenters. The molecule has 21 rings (SSSR count). The second-order valence-electron chi connectivity index (χ2n) is 20.3. The van der Waals surface area contributed by atoms with Crippen LogP contribution in [0.2, 0.25) is 0 Å². The fourth-order valence-corrected chi connectivity index (χ4v) is 10.7. The number of terminal acetylenes is 1. The van der Waals surface area contributed by atoms with Gasteiger partial charge in [0.25, 0.3) is 0 Å². The third kappa shape index (κ3) is 12.8. The summed E-state index contributed by atoms with van der Waals surface area (Å²) in [5, 5.41) is 224. The molecule has 0 aromatic rings. The fraction of sp³-hybridized carbons (Fsp3) is 0.956. The van der Waals surface area contributed by atoms with Crippen molar-refractivity contribution in [3.05, 3.63) is 0 Å². The van der Waals surface area contributed by atoms with Crippen LogP contribution in [0.25, 0.3) is 0 Å². The van der Waals surface area contributed by atoms with Crippen LogP contribution in [-0.2, 0) is 66.3 Å². The van der Waals surface area contributed by atoms with E-state index in [4.69, 9.17) is 72.7 Å². The van der Waals surface area contributed by atoms with E-state index in [-0.39, 0.29) is 13.1 Å². The highest BCUT2D eigenvalue weighted by atomic mass is 16.8. The van der Waals surface area contributed by atoms with Crippen LogP contribution < -0.4 is 5.32 Å². The second-order valence-corrected chi connectivity index (χ2v) is 20.3. The number of hydrogen-bond acceptors (Lipinski definition) is 35. The largest absolute Gasteiger partial charge is 0.394 e. The number of aliphatic hydroxyl groups is 20. The summed E-state index contributed by atoms with van der Waals surface area (Å²) >= 11 is 0. The highest BCUT2D eigenvalue weighted by molar-refractivity contribution is 5.02. The molecular formula is C45H73NO34. The van der Waals surface area contributed by atoms with E-state index >= 15 is 0 Å². The first-order valence-electron chi connectivity index (χ1n) is 25.7. The molecule has 21 saturated heterocycles. The SMILES string of the molecule is C#CCNC[C@H]1OC2O[C@H]3[C@H](O)[C@@H](O)[C@@H](O[C@H]4[C@H](O)[C@@H](O)C(O[C@H]5[C@H](O)[C@@H](O)[C@H](O[C@@H]5CO)O[C@H]5C(O)[C@@H](O)[C@H](O[C@@H]5CO)O[C@H]5C(O)[C@@H](O)[C@@H](O[C@H]6[C@H](O)[C@@H](O)[C@@H](O[C@H]1[C@H](O)[C@H]2O)O[C@@H]6CO)O[C@@H]5CO)O[C@@H]4CO)O[C@@H]3CO. The van der Waals surface area contributed by atoms with Crippen molar-refractivity contribution in [3.63, 3.8) is 0 Å². The molecule has 0 spiro atoms. The lowest BCUT2D eigenvalue weighted by atomic mass is 9.95. The van der Waals surface area contributed by atoms with E-state index in [1.165, 1.54) is 0 Å². The first-order valence-corrected chi connectivity index (χ1v) is 25.7. The zero-order valence-electron chi connectivity index (χ0n) is 42.1. The summed E-state index contributed by atoms with van der Waals surface area (Å²) in [6, 6.07) is 0. The van der Waals surface area contributed by atoms with E-state index in [0.717, 1.165) is 0 Å². The molecule has 80 heavy (non-hydrogen) atoms. The van der Waals surface area contributed by atoms with Crippen LogP contribution in [0.5, 0.6) is 0 Å². The summed E-state index contributed by atoms with van der Waals surface area (Å²) in [4.78, 5) is 0. The van der Waals surface area contributed by atoms with Gasteiger partial charge in [0.15, 0.2) is 44.0 Å². The van der Waals surface area contributed by atoms with Gasteiger partial charge in [-0.15, -0.1) is 6.42 Å². The molecule has 0 aliphatic carbocycles. The average Bonchev–Trinajstić information content (AvgIpc) is 3.50. The van der Waals surface area contributed by atoms with Crippen LogP contribution in [0.1, 0.15) is 0 Å². The summed E-state index contributed by atoms with van der Waals surface area (Å²) in [6.45, 7) is -6.69. The van der Waals surface area contributed by atoms with Gasteiger partial charge < -0.3 is 174 Å². The highest BCUT2D eigenvalue weighted by Crippen LogP contribution is 2.39. The third-order valence-corrected chi connectivity index (χ3v) is 15.2. The zero-order valence-corrected chi connectivity index (χ0v) is 42.1. The van der Waals surface area contributed by atoms with Gasteiger partial charge in [-0.05, 0) is 0 Å². The Bertz CT molecular complexity index is 1950. The van der Waals surface area contributed by atoms with Gasteiger partial charge in [0.1, 0.15) is 171 Å². The average molecular weight is 1170 g/mol. The molecule has 21 heterocycles. The Morgan fingerprint density at radius 1 is 0.250 bits per heavy atom. The quantitative estimate of drug-likeness (QED) is 0.0753. The van der Waals surface area contributed by atoms with Crippen molar-refractivity contribution in [2.24, 2.45) is 0 Å². The van der Waals surface area contributed by atoms with Crippen LogP contribution in [0.15, 0.2) is 0 Å². The predicted molar refractivity (Wildman–Crippen MR) is 243 cm³/mol. The smallest absolute Gasteiger partial charge is 0.187 e. The molecule has 0 radical (unpaired) electrons. The van der Waals surface area contributed by atoms with Crippen molar-refractivity contribution in [2.75, 3.05) is 52.7 Å². The summed E-state index contributed by atoms with van der Waals surface area (Å²) in [5.74, 6) is 2.31. The number of aliphatic hydroxyl groups excluding tert-OH is 20. The van der Waals surface area contributed by atoms with Gasteiger partial charge in [-0.25, -0.2) is 0 Å². The summed E-state index contributed by atoms with van der Waals surface area (Å²) in [6.07, 6.45) is -64.0. The third-order valence-electron chi connectivity index (χ3n) is 15.2. The Kier molecular flexibility index (Phi) is 22.2. The van der Waals surface area contributed by atoms with Gasteiger partial charge in [0.2, 0.25) is 0 Å². The summed E-state index contributed by atoms with van der Waals surface area (Å²) in [7, 11) is 0. The van der Waals surface area contributed by atoms with E-state index in [1.54, 1.807) is 0 Å². The lowest BCUT2D eigenvalue weighted by Gasteiger charge is -2.50. The van der Waals surface area contributed by atoms with Gasteiger partial charge in [-0.3, -0.25) is 0 Å². The molecule has 21 aliphatic rings. The monoisotopic (exact) mass is 1170 g/mol.